The molecule has 0 aromatic carbocycles. The van der Waals surface area contributed by atoms with Gasteiger partial charge in [-0.25, -0.2) is 9.78 Å². The number of nitrogens with two attached hydrogens (primary N) is 1. The van der Waals surface area contributed by atoms with Crippen molar-refractivity contribution >= 4 is 57.7 Å². The number of nitrogen functional groups attached to an aromatic ring is 1. The predicted octanol–water partition coefficient (Wildman–Crippen LogP) is -0.171. The zero-order chi connectivity index (χ0) is 25.0. The number of esters is 2. The molecule has 3 atom stereocenters. The van der Waals surface area contributed by atoms with Gasteiger partial charge in [0.25, 0.3) is 11.8 Å². The summed E-state index contributed by atoms with van der Waals surface area (Å²) >= 11 is 2.47. The van der Waals surface area contributed by atoms with E-state index in [2.05, 4.69) is 15.5 Å². The second-order valence-electron chi connectivity index (χ2n) is 7.02. The number of anilines is 1. The Labute approximate surface area is 202 Å². The van der Waals surface area contributed by atoms with Crippen molar-refractivity contribution < 1.29 is 38.2 Å². The molecule has 184 valence electrons. The first kappa shape index (κ1) is 25.5. The van der Waals surface area contributed by atoms with Crippen molar-refractivity contribution in [2.45, 2.75) is 31.6 Å². The Morgan fingerprint density at radius 2 is 2.09 bits per heavy atom. The van der Waals surface area contributed by atoms with Crippen LogP contribution in [-0.4, -0.2) is 83.6 Å². The zero-order valence-electron chi connectivity index (χ0n) is 18.7. The third-order valence-corrected chi connectivity index (χ3v) is 6.63. The molecule has 0 radical (unpaired) electrons. The predicted molar refractivity (Wildman–Crippen MR) is 121 cm³/mol. The molecule has 0 saturated carbocycles. The molecule has 2 unspecified atom stereocenters. The summed E-state index contributed by atoms with van der Waals surface area (Å²) in [5, 5.41) is 7.52. The number of amides is 2. The summed E-state index contributed by atoms with van der Waals surface area (Å²) in [4.78, 5) is 59.8. The first-order valence-electron chi connectivity index (χ1n) is 9.85. The number of ether oxygens (including phenoxy) is 3. The van der Waals surface area contributed by atoms with E-state index in [1.807, 2.05) is 0 Å². The smallest absolute Gasteiger partial charge is 0.358 e. The molecule has 0 bridgehead atoms. The number of methoxy groups -OCH3 is 1. The number of thioether (sulfide) groups is 1. The number of fused-ring (bicyclic) bond motifs is 1. The number of thiazole rings is 1. The van der Waals surface area contributed by atoms with E-state index < -0.39 is 41.5 Å². The van der Waals surface area contributed by atoms with Crippen molar-refractivity contribution in [1.29, 1.82) is 0 Å². The Morgan fingerprint density at radius 1 is 1.35 bits per heavy atom. The van der Waals surface area contributed by atoms with Gasteiger partial charge in [-0.15, -0.1) is 23.1 Å². The molecule has 3 heterocycles. The molecule has 3 rings (SSSR count). The third kappa shape index (κ3) is 5.31. The van der Waals surface area contributed by atoms with Gasteiger partial charge in [0.1, 0.15) is 29.9 Å². The Kier molecular flexibility index (Phi) is 8.11. The fourth-order valence-corrected chi connectivity index (χ4v) is 5.20. The number of nitrogens with one attached hydrogen (secondary N) is 1. The van der Waals surface area contributed by atoms with Crippen molar-refractivity contribution in [2.24, 2.45) is 5.16 Å². The lowest BCUT2D eigenvalue weighted by Gasteiger charge is -2.49. The molecule has 15 heteroatoms. The van der Waals surface area contributed by atoms with Gasteiger partial charge in [-0.1, -0.05) is 5.16 Å². The van der Waals surface area contributed by atoms with Gasteiger partial charge in [0.2, 0.25) is 6.29 Å². The van der Waals surface area contributed by atoms with Crippen molar-refractivity contribution in [3.05, 3.63) is 22.3 Å². The third-order valence-electron chi connectivity index (χ3n) is 4.61. The number of hydrogen-bond donors (Lipinski definition) is 2. The Hall–Kier alpha value is -3.17. The molecular formula is C19H23N5O8S2. The van der Waals surface area contributed by atoms with E-state index in [0.29, 0.717) is 11.3 Å². The summed E-state index contributed by atoms with van der Waals surface area (Å²) in [5.41, 5.74) is 6.22. The minimum Gasteiger partial charge on any atom is -0.426 e. The van der Waals surface area contributed by atoms with Gasteiger partial charge in [0, 0.05) is 32.1 Å². The first-order valence-corrected chi connectivity index (χ1v) is 11.8. The largest absolute Gasteiger partial charge is 0.426 e. The monoisotopic (exact) mass is 513 g/mol. The highest BCUT2D eigenvalue weighted by Gasteiger charge is 2.55. The quantitative estimate of drug-likeness (QED) is 0.148. The maximum absolute atomic E-state index is 13.0. The number of oxime groups is 1. The Bertz CT molecular complexity index is 1060. The van der Waals surface area contributed by atoms with Crippen LogP contribution >= 0.6 is 23.1 Å². The van der Waals surface area contributed by atoms with Crippen molar-refractivity contribution in [2.75, 3.05) is 32.3 Å². The fraction of sp³-hybridized carbons (Fsp3) is 0.474. The average molecular weight is 514 g/mol. The Morgan fingerprint density at radius 3 is 2.68 bits per heavy atom. The van der Waals surface area contributed by atoms with E-state index in [1.165, 1.54) is 50.1 Å². The minimum atomic E-state index is -1.15. The first-order chi connectivity index (χ1) is 16.2. The van der Waals surface area contributed by atoms with Crippen molar-refractivity contribution in [3.63, 3.8) is 0 Å². The number of carbonyl (C=O) groups excluding carboxylic acids is 4. The van der Waals surface area contributed by atoms with Gasteiger partial charge >= 0.3 is 11.9 Å². The summed E-state index contributed by atoms with van der Waals surface area (Å²) in [6, 6.07) is -0.937. The van der Waals surface area contributed by atoms with E-state index in [-0.39, 0.29) is 28.8 Å². The van der Waals surface area contributed by atoms with Crippen molar-refractivity contribution in [1.82, 2.24) is 15.2 Å². The van der Waals surface area contributed by atoms with Crippen LogP contribution in [0, 0.1) is 0 Å². The van der Waals surface area contributed by atoms with Gasteiger partial charge in [-0.2, -0.15) is 0 Å². The summed E-state index contributed by atoms with van der Waals surface area (Å²) < 4.78 is 15.2. The molecular weight excluding hydrogens is 490 g/mol. The summed E-state index contributed by atoms with van der Waals surface area (Å²) in [6.07, 6.45) is -1.15. The summed E-state index contributed by atoms with van der Waals surface area (Å²) in [6.45, 7) is 2.65. The van der Waals surface area contributed by atoms with Crippen LogP contribution in [0.25, 0.3) is 0 Å². The van der Waals surface area contributed by atoms with Gasteiger partial charge in [-0.05, 0) is 5.57 Å². The van der Waals surface area contributed by atoms with Crippen LogP contribution < -0.4 is 11.1 Å². The van der Waals surface area contributed by atoms with Crippen LogP contribution in [0.2, 0.25) is 0 Å². The number of rotatable bonds is 9. The summed E-state index contributed by atoms with van der Waals surface area (Å²) in [7, 11) is 2.73. The van der Waals surface area contributed by atoms with Crippen LogP contribution in [0.15, 0.2) is 21.8 Å². The van der Waals surface area contributed by atoms with Gasteiger partial charge < -0.3 is 30.1 Å². The molecule has 1 fully saturated rings. The van der Waals surface area contributed by atoms with Gasteiger partial charge in [-0.3, -0.25) is 19.3 Å². The standard InChI is InChI=1S/C19H23N5O8S2/c1-8(25)31-9(2)32-18(28)14-10(5-29-3)6-33-17-13(16(27)24(14)17)22-15(26)12(23-30-4)11-7-34-19(20)21-11/h7,9,13,17H,5-6H2,1-4H3,(H2,20,21)(H,22,26)/t9?,13?,17-/m1/s1. The maximum Gasteiger partial charge on any atom is 0.358 e. The van der Waals surface area contributed by atoms with Crippen LogP contribution in [0.3, 0.4) is 0 Å². The van der Waals surface area contributed by atoms with Crippen LogP contribution in [-0.2, 0) is 38.2 Å². The molecule has 0 spiro atoms. The normalized spacial score (nSPS) is 20.8. The fourth-order valence-electron chi connectivity index (χ4n) is 3.32. The molecule has 2 aliphatic rings. The van der Waals surface area contributed by atoms with Crippen LogP contribution in [0.4, 0.5) is 5.13 Å². The van der Waals surface area contributed by atoms with Gasteiger partial charge in [0.05, 0.1) is 6.61 Å². The second kappa shape index (κ2) is 10.8. The topological polar surface area (TPSA) is 172 Å². The lowest BCUT2D eigenvalue weighted by molar-refractivity contribution is -0.182. The van der Waals surface area contributed by atoms with Crippen LogP contribution in [0.5, 0.6) is 0 Å². The Balaban J connectivity index is 1.78. The number of β-lactam (4-membered cyclic amide) rings is 1. The highest BCUT2D eigenvalue weighted by atomic mass is 32.2. The lowest BCUT2D eigenvalue weighted by Crippen LogP contribution is -2.71. The number of aromatic nitrogens is 1. The van der Waals surface area contributed by atoms with E-state index in [1.54, 1.807) is 0 Å². The molecule has 1 aromatic rings. The average Bonchev–Trinajstić information content (AvgIpc) is 3.20. The van der Waals surface area contributed by atoms with E-state index in [9.17, 15) is 19.2 Å². The molecule has 34 heavy (non-hydrogen) atoms. The van der Waals surface area contributed by atoms with E-state index >= 15 is 0 Å². The molecule has 0 aliphatic carbocycles. The molecule has 13 nitrogen and oxygen atoms in total. The molecule has 1 aromatic heterocycles. The van der Waals surface area contributed by atoms with E-state index in [4.69, 9.17) is 24.8 Å². The van der Waals surface area contributed by atoms with Crippen LogP contribution in [0.1, 0.15) is 19.5 Å². The molecule has 3 N–H and O–H groups in total. The highest BCUT2D eigenvalue weighted by molar-refractivity contribution is 8.00. The number of nitrogens with zero attached hydrogens (tertiary/aromatic N) is 3. The summed E-state index contributed by atoms with van der Waals surface area (Å²) in [5.74, 6) is -2.33. The van der Waals surface area contributed by atoms with Gasteiger partial charge in [0.15, 0.2) is 10.8 Å². The number of carbonyl (C=O) groups is 4. The zero-order valence-corrected chi connectivity index (χ0v) is 20.4. The lowest BCUT2D eigenvalue weighted by atomic mass is 10.0. The van der Waals surface area contributed by atoms with E-state index in [0.717, 1.165) is 11.3 Å². The molecule has 2 amide bonds. The second-order valence-corrected chi connectivity index (χ2v) is 9.02. The SMILES string of the molecule is COCC1=C(C(=O)OC(C)OC(C)=O)N2C(=O)C(NC(=O)C(=NOC)c3csc(N)n3)[C@H]2SC1. The molecule has 1 saturated heterocycles. The highest BCUT2D eigenvalue weighted by Crippen LogP contribution is 2.40. The molecule has 2 aliphatic heterocycles. The maximum atomic E-state index is 13.0. The minimum absolute atomic E-state index is 0.00171. The van der Waals surface area contributed by atoms with Crippen molar-refractivity contribution in [3.8, 4) is 0 Å². The number of hydrogen-bond acceptors (Lipinski definition) is 13.